The Labute approximate surface area is 131 Å². The number of carbonyl (C=O) groups excluding carboxylic acids is 2. The van der Waals surface area contributed by atoms with Gasteiger partial charge in [0.2, 0.25) is 0 Å². The van der Waals surface area contributed by atoms with Crippen LogP contribution in [0.2, 0.25) is 0 Å². The Morgan fingerprint density at radius 3 is 1.28 bits per heavy atom. The van der Waals surface area contributed by atoms with Crippen molar-refractivity contribution in [1.29, 1.82) is 0 Å². The first-order valence-electron chi connectivity index (χ1n) is 5.97. The molecule has 0 atom stereocenters. The number of aliphatic carboxylic acids is 2. The summed E-state index contributed by atoms with van der Waals surface area (Å²) in [7, 11) is 0. The number of hydrogen-bond donors (Lipinski definition) is 0. The van der Waals surface area contributed by atoms with Crippen molar-refractivity contribution in [2.75, 3.05) is 0 Å². The average molecular weight is 376 g/mol. The van der Waals surface area contributed by atoms with E-state index in [9.17, 15) is 19.8 Å². The first kappa shape index (κ1) is 20.4. The average Bonchev–Trinajstić information content (AvgIpc) is 3.06. The minimum Gasteiger partial charge on any atom is -1.00 e. The van der Waals surface area contributed by atoms with Crippen LogP contribution in [0, 0.1) is 11.8 Å². The van der Waals surface area contributed by atoms with Gasteiger partial charge in [-0.25, -0.2) is 0 Å². The van der Waals surface area contributed by atoms with Crippen molar-refractivity contribution in [3.8, 4) is 0 Å². The molecule has 100 valence electrons. The first-order valence-corrected chi connectivity index (χ1v) is 5.97. The van der Waals surface area contributed by atoms with Gasteiger partial charge in [0, 0.05) is 11.9 Å². The van der Waals surface area contributed by atoms with Crippen molar-refractivity contribution in [3.63, 3.8) is 0 Å². The fourth-order valence-electron chi connectivity index (χ4n) is 1.46. The van der Waals surface area contributed by atoms with E-state index in [1.807, 2.05) is 0 Å². The normalized spacial score (nSPS) is 16.4. The van der Waals surface area contributed by atoms with Crippen LogP contribution in [0.1, 0.15) is 51.4 Å². The van der Waals surface area contributed by atoms with Gasteiger partial charge in [0.05, 0.1) is 0 Å². The second-order valence-electron chi connectivity index (χ2n) is 4.71. The summed E-state index contributed by atoms with van der Waals surface area (Å²) in [5.41, 5.74) is 0. The van der Waals surface area contributed by atoms with E-state index in [2.05, 4.69) is 0 Å². The maximum atomic E-state index is 9.82. The number of halogens is 1. The van der Waals surface area contributed by atoms with Gasteiger partial charge >= 0.3 is 19.8 Å². The SMILES string of the molecule is O=C([O-])CCC1CC1.O=C([O-])CCC1CC1.[Br-].[Ga+3]. The van der Waals surface area contributed by atoms with Crippen LogP contribution in [0.5, 0.6) is 0 Å². The van der Waals surface area contributed by atoms with E-state index in [0.29, 0.717) is 11.8 Å². The van der Waals surface area contributed by atoms with Crippen LogP contribution in [-0.2, 0) is 9.59 Å². The molecule has 0 unspecified atom stereocenters. The van der Waals surface area contributed by atoms with Crippen LogP contribution in [0.3, 0.4) is 0 Å². The third kappa shape index (κ3) is 14.1. The number of rotatable bonds is 6. The molecule has 2 saturated carbocycles. The summed E-state index contributed by atoms with van der Waals surface area (Å²) in [5, 5.41) is 19.6. The van der Waals surface area contributed by atoms with E-state index in [0.717, 1.165) is 12.8 Å². The molecular formula is C12H18BrGaO4. The maximum Gasteiger partial charge on any atom is 3.00 e. The van der Waals surface area contributed by atoms with Crippen LogP contribution < -0.4 is 27.2 Å². The number of carboxylic acid groups (broad SMARTS) is 2. The molecule has 2 rings (SSSR count). The van der Waals surface area contributed by atoms with E-state index in [1.54, 1.807) is 0 Å². The largest absolute Gasteiger partial charge is 3.00 e. The van der Waals surface area contributed by atoms with Crippen molar-refractivity contribution in [1.82, 2.24) is 0 Å². The molecule has 0 radical (unpaired) electrons. The Balaban J connectivity index is 0. The van der Waals surface area contributed by atoms with Gasteiger partial charge in [0.15, 0.2) is 0 Å². The van der Waals surface area contributed by atoms with E-state index in [4.69, 9.17) is 0 Å². The van der Waals surface area contributed by atoms with Crippen molar-refractivity contribution >= 4 is 31.7 Å². The zero-order chi connectivity index (χ0) is 12.0. The Morgan fingerprint density at radius 2 is 1.11 bits per heavy atom. The summed E-state index contributed by atoms with van der Waals surface area (Å²) in [6, 6.07) is 0. The van der Waals surface area contributed by atoms with Gasteiger partial charge in [-0.1, -0.05) is 25.7 Å². The molecule has 0 aromatic rings. The summed E-state index contributed by atoms with van der Waals surface area (Å²) < 4.78 is 0. The molecule has 0 aromatic heterocycles. The number of hydrogen-bond acceptors (Lipinski definition) is 4. The quantitative estimate of drug-likeness (QED) is 0.451. The molecule has 0 amide bonds. The minimum atomic E-state index is -0.906. The monoisotopic (exact) mass is 374 g/mol. The van der Waals surface area contributed by atoms with E-state index in [-0.39, 0.29) is 49.6 Å². The predicted octanol–water partition coefficient (Wildman–Crippen LogP) is -3.52. The molecule has 0 N–H and O–H groups in total. The smallest absolute Gasteiger partial charge is 1.00 e. The van der Waals surface area contributed by atoms with E-state index >= 15 is 0 Å². The van der Waals surface area contributed by atoms with Gasteiger partial charge in [0.1, 0.15) is 0 Å². The summed E-state index contributed by atoms with van der Waals surface area (Å²) in [6.45, 7) is 0. The molecule has 0 spiro atoms. The predicted molar refractivity (Wildman–Crippen MR) is 59.7 cm³/mol. The van der Waals surface area contributed by atoms with Crippen molar-refractivity contribution < 1.29 is 36.8 Å². The molecule has 0 aromatic carbocycles. The molecule has 4 nitrogen and oxygen atoms in total. The van der Waals surface area contributed by atoms with Crippen LogP contribution in [0.15, 0.2) is 0 Å². The van der Waals surface area contributed by atoms with Crippen molar-refractivity contribution in [3.05, 3.63) is 0 Å². The minimum absolute atomic E-state index is 0. The molecule has 6 heteroatoms. The summed E-state index contributed by atoms with van der Waals surface area (Å²) in [5.74, 6) is -0.380. The van der Waals surface area contributed by atoms with Crippen molar-refractivity contribution in [2.24, 2.45) is 11.8 Å². The van der Waals surface area contributed by atoms with Crippen LogP contribution >= 0.6 is 0 Å². The Morgan fingerprint density at radius 1 is 0.833 bits per heavy atom. The maximum absolute atomic E-state index is 9.82. The number of carboxylic acids is 2. The molecule has 2 fully saturated rings. The fraction of sp³-hybridized carbons (Fsp3) is 0.833. The van der Waals surface area contributed by atoms with E-state index < -0.39 is 11.9 Å². The third-order valence-corrected chi connectivity index (χ3v) is 2.91. The van der Waals surface area contributed by atoms with Gasteiger partial charge in [-0.2, -0.15) is 0 Å². The first-order chi connectivity index (χ1) is 7.58. The van der Waals surface area contributed by atoms with E-state index in [1.165, 1.54) is 25.7 Å². The van der Waals surface area contributed by atoms with Crippen molar-refractivity contribution in [2.45, 2.75) is 51.4 Å². The molecule has 2 aliphatic rings. The standard InChI is InChI=1S/2C6H10O2.BrH.Ga/c2*7-6(8)4-3-5-1-2-5;;/h2*5H,1-4H2,(H,7,8);1H;/q;;;+3/p-3. The second kappa shape index (κ2) is 10.9. The molecule has 0 saturated heterocycles. The Hall–Kier alpha value is 0.0564. The van der Waals surface area contributed by atoms with Crippen LogP contribution in [0.25, 0.3) is 0 Å². The third-order valence-electron chi connectivity index (χ3n) is 2.91. The van der Waals surface area contributed by atoms with Gasteiger partial charge in [-0.05, 0) is 37.5 Å². The molecule has 2 aliphatic carbocycles. The van der Waals surface area contributed by atoms with Gasteiger partial charge in [-0.15, -0.1) is 0 Å². The molecule has 18 heavy (non-hydrogen) atoms. The van der Waals surface area contributed by atoms with Gasteiger partial charge in [-0.3, -0.25) is 0 Å². The van der Waals surface area contributed by atoms with Gasteiger partial charge < -0.3 is 36.8 Å². The van der Waals surface area contributed by atoms with Gasteiger partial charge in [0.25, 0.3) is 0 Å². The zero-order valence-electron chi connectivity index (χ0n) is 10.4. The Bertz CT molecular complexity index is 226. The molecular weight excluding hydrogens is 358 g/mol. The molecule has 0 aliphatic heterocycles. The molecule has 0 bridgehead atoms. The van der Waals surface area contributed by atoms with Crippen LogP contribution in [0.4, 0.5) is 0 Å². The number of carbonyl (C=O) groups is 2. The summed E-state index contributed by atoms with van der Waals surface area (Å²) in [6.07, 6.45) is 7.10. The second-order valence-corrected chi connectivity index (χ2v) is 4.71. The zero-order valence-corrected chi connectivity index (χ0v) is 14.4. The fourth-order valence-corrected chi connectivity index (χ4v) is 1.46. The summed E-state index contributed by atoms with van der Waals surface area (Å²) in [4.78, 5) is 19.6. The summed E-state index contributed by atoms with van der Waals surface area (Å²) >= 11 is 0. The topological polar surface area (TPSA) is 80.3 Å². The Kier molecular flexibility index (Phi) is 12.4. The molecule has 0 heterocycles. The van der Waals surface area contributed by atoms with Crippen LogP contribution in [-0.4, -0.2) is 31.7 Å².